The Morgan fingerprint density at radius 2 is 1.91 bits per heavy atom. The SMILES string of the molecule is COc1cc(OC)cc(N2CC(N)CC(Cc3cccs3)C2)c1. The molecule has 1 aromatic heterocycles. The largest absolute Gasteiger partial charge is 0.497 e. The van der Waals surface area contributed by atoms with E-state index in [9.17, 15) is 0 Å². The van der Waals surface area contributed by atoms with E-state index in [1.54, 1.807) is 14.2 Å². The molecule has 0 bridgehead atoms. The van der Waals surface area contributed by atoms with Crippen LogP contribution in [0.3, 0.4) is 0 Å². The Kier molecular flexibility index (Phi) is 5.08. The highest BCUT2D eigenvalue weighted by molar-refractivity contribution is 7.09. The molecule has 1 aliphatic rings. The van der Waals surface area contributed by atoms with E-state index >= 15 is 0 Å². The Labute approximate surface area is 141 Å². The van der Waals surface area contributed by atoms with Crippen molar-refractivity contribution in [2.75, 3.05) is 32.2 Å². The highest BCUT2D eigenvalue weighted by Crippen LogP contribution is 2.32. The van der Waals surface area contributed by atoms with E-state index in [1.165, 1.54) is 4.88 Å². The molecule has 0 spiro atoms. The summed E-state index contributed by atoms with van der Waals surface area (Å²) < 4.78 is 10.8. The number of ether oxygens (including phenoxy) is 2. The summed E-state index contributed by atoms with van der Waals surface area (Å²) in [6.07, 6.45) is 2.18. The first-order chi connectivity index (χ1) is 11.2. The van der Waals surface area contributed by atoms with Gasteiger partial charge < -0.3 is 20.1 Å². The second kappa shape index (κ2) is 7.23. The van der Waals surface area contributed by atoms with Crippen LogP contribution in [0.1, 0.15) is 11.3 Å². The fourth-order valence-electron chi connectivity index (χ4n) is 3.29. The Balaban J connectivity index is 1.78. The summed E-state index contributed by atoms with van der Waals surface area (Å²) in [6.45, 7) is 1.89. The number of nitrogens with zero attached hydrogens (tertiary/aromatic N) is 1. The van der Waals surface area contributed by atoms with E-state index in [4.69, 9.17) is 15.2 Å². The van der Waals surface area contributed by atoms with E-state index in [-0.39, 0.29) is 6.04 Å². The number of hydrogen-bond donors (Lipinski definition) is 1. The Morgan fingerprint density at radius 1 is 1.17 bits per heavy atom. The summed E-state index contributed by atoms with van der Waals surface area (Å²) in [6, 6.07) is 10.5. The van der Waals surface area contributed by atoms with Gasteiger partial charge in [-0.25, -0.2) is 0 Å². The molecule has 2 unspecified atom stereocenters. The number of methoxy groups -OCH3 is 2. The number of anilines is 1. The van der Waals surface area contributed by atoms with Crippen LogP contribution in [-0.2, 0) is 6.42 Å². The minimum absolute atomic E-state index is 0.200. The number of benzene rings is 1. The average molecular weight is 332 g/mol. The molecule has 1 saturated heterocycles. The summed E-state index contributed by atoms with van der Waals surface area (Å²) >= 11 is 1.83. The molecular weight excluding hydrogens is 308 g/mol. The molecule has 4 nitrogen and oxygen atoms in total. The molecule has 3 rings (SSSR count). The van der Waals surface area contributed by atoms with Gasteiger partial charge in [0.1, 0.15) is 11.5 Å². The second-order valence-electron chi connectivity index (χ2n) is 6.12. The van der Waals surface area contributed by atoms with Crippen molar-refractivity contribution in [3.63, 3.8) is 0 Å². The third-order valence-electron chi connectivity index (χ3n) is 4.34. The first kappa shape index (κ1) is 16.1. The second-order valence-corrected chi connectivity index (χ2v) is 7.15. The van der Waals surface area contributed by atoms with Crippen LogP contribution >= 0.6 is 11.3 Å². The van der Waals surface area contributed by atoms with Crippen molar-refractivity contribution in [1.29, 1.82) is 0 Å². The molecule has 2 heterocycles. The van der Waals surface area contributed by atoms with Crippen LogP contribution in [0.2, 0.25) is 0 Å². The number of hydrogen-bond acceptors (Lipinski definition) is 5. The van der Waals surface area contributed by atoms with Gasteiger partial charge in [0, 0.05) is 47.9 Å². The number of piperidine rings is 1. The number of thiophene rings is 1. The maximum absolute atomic E-state index is 6.32. The van der Waals surface area contributed by atoms with Crippen LogP contribution in [-0.4, -0.2) is 33.4 Å². The fourth-order valence-corrected chi connectivity index (χ4v) is 4.11. The standard InChI is InChI=1S/C18H24N2O2S/c1-21-16-8-15(9-17(10-16)22-2)20-11-13(6-14(19)12-20)7-18-4-3-5-23-18/h3-5,8-10,13-14H,6-7,11-12,19H2,1-2H3. The van der Waals surface area contributed by atoms with Crippen LogP contribution in [0.4, 0.5) is 5.69 Å². The highest BCUT2D eigenvalue weighted by atomic mass is 32.1. The molecule has 0 amide bonds. The van der Waals surface area contributed by atoms with Gasteiger partial charge in [0.15, 0.2) is 0 Å². The van der Waals surface area contributed by atoms with Crippen molar-refractivity contribution >= 4 is 17.0 Å². The third kappa shape index (κ3) is 3.98. The van der Waals surface area contributed by atoms with Crippen molar-refractivity contribution in [2.45, 2.75) is 18.9 Å². The van der Waals surface area contributed by atoms with Gasteiger partial charge in [-0.3, -0.25) is 0 Å². The summed E-state index contributed by atoms with van der Waals surface area (Å²) in [5.41, 5.74) is 7.44. The molecule has 1 aliphatic heterocycles. The number of nitrogens with two attached hydrogens (primary N) is 1. The van der Waals surface area contributed by atoms with Gasteiger partial charge in [-0.15, -0.1) is 11.3 Å². The molecule has 0 aliphatic carbocycles. The van der Waals surface area contributed by atoms with Crippen molar-refractivity contribution in [1.82, 2.24) is 0 Å². The molecule has 2 N–H and O–H groups in total. The normalized spacial score (nSPS) is 21.3. The lowest BCUT2D eigenvalue weighted by atomic mass is 9.91. The Hall–Kier alpha value is -1.72. The molecule has 2 aromatic rings. The van der Waals surface area contributed by atoms with Crippen molar-refractivity contribution in [2.24, 2.45) is 11.7 Å². The first-order valence-corrected chi connectivity index (χ1v) is 8.82. The van der Waals surface area contributed by atoms with Gasteiger partial charge in [0.05, 0.1) is 14.2 Å². The predicted octanol–water partition coefficient (Wildman–Crippen LogP) is 3.16. The monoisotopic (exact) mass is 332 g/mol. The zero-order chi connectivity index (χ0) is 16.2. The van der Waals surface area contributed by atoms with E-state index in [0.29, 0.717) is 5.92 Å². The van der Waals surface area contributed by atoms with Crippen molar-refractivity contribution < 1.29 is 9.47 Å². The summed E-state index contributed by atoms with van der Waals surface area (Å²) in [4.78, 5) is 3.80. The zero-order valence-corrected chi connectivity index (χ0v) is 14.5. The molecule has 2 atom stereocenters. The van der Waals surface area contributed by atoms with Crippen LogP contribution < -0.4 is 20.1 Å². The lowest BCUT2D eigenvalue weighted by Crippen LogP contribution is -2.47. The van der Waals surface area contributed by atoms with E-state index in [2.05, 4.69) is 34.5 Å². The van der Waals surface area contributed by atoms with Crippen LogP contribution in [0.25, 0.3) is 0 Å². The smallest absolute Gasteiger partial charge is 0.124 e. The van der Waals surface area contributed by atoms with E-state index in [1.807, 2.05) is 17.4 Å². The van der Waals surface area contributed by atoms with Crippen molar-refractivity contribution in [3.05, 3.63) is 40.6 Å². The summed E-state index contributed by atoms with van der Waals surface area (Å²) in [5.74, 6) is 2.20. The van der Waals surface area contributed by atoms with E-state index < -0.39 is 0 Å². The average Bonchev–Trinajstić information content (AvgIpc) is 3.06. The molecular formula is C18H24N2O2S. The molecule has 124 valence electrons. The van der Waals surface area contributed by atoms with Gasteiger partial charge >= 0.3 is 0 Å². The molecule has 1 aromatic carbocycles. The van der Waals surface area contributed by atoms with Crippen LogP contribution in [0.15, 0.2) is 35.7 Å². The minimum atomic E-state index is 0.200. The third-order valence-corrected chi connectivity index (χ3v) is 5.24. The lowest BCUT2D eigenvalue weighted by Gasteiger charge is -2.38. The zero-order valence-electron chi connectivity index (χ0n) is 13.7. The van der Waals surface area contributed by atoms with Gasteiger partial charge in [0.2, 0.25) is 0 Å². The lowest BCUT2D eigenvalue weighted by molar-refractivity contribution is 0.373. The van der Waals surface area contributed by atoms with E-state index in [0.717, 1.165) is 43.1 Å². The molecule has 0 radical (unpaired) electrons. The Morgan fingerprint density at radius 3 is 2.52 bits per heavy atom. The topological polar surface area (TPSA) is 47.7 Å². The van der Waals surface area contributed by atoms with Gasteiger partial charge in [0.25, 0.3) is 0 Å². The van der Waals surface area contributed by atoms with Gasteiger partial charge in [-0.05, 0) is 30.2 Å². The predicted molar refractivity (Wildman–Crippen MR) is 95.9 cm³/mol. The van der Waals surface area contributed by atoms with Gasteiger partial charge in [-0.2, -0.15) is 0 Å². The quantitative estimate of drug-likeness (QED) is 0.914. The summed E-state index contributed by atoms with van der Waals surface area (Å²) in [7, 11) is 3.36. The first-order valence-electron chi connectivity index (χ1n) is 7.94. The fraction of sp³-hybridized carbons (Fsp3) is 0.444. The minimum Gasteiger partial charge on any atom is -0.497 e. The molecule has 0 saturated carbocycles. The maximum Gasteiger partial charge on any atom is 0.124 e. The van der Waals surface area contributed by atoms with Crippen LogP contribution in [0, 0.1) is 5.92 Å². The number of rotatable bonds is 5. The molecule has 5 heteroatoms. The van der Waals surface area contributed by atoms with Crippen LogP contribution in [0.5, 0.6) is 11.5 Å². The maximum atomic E-state index is 6.32. The molecule has 1 fully saturated rings. The Bertz CT molecular complexity index is 608. The van der Waals surface area contributed by atoms with Crippen molar-refractivity contribution in [3.8, 4) is 11.5 Å². The molecule has 23 heavy (non-hydrogen) atoms. The highest BCUT2D eigenvalue weighted by Gasteiger charge is 2.26. The van der Waals surface area contributed by atoms with Gasteiger partial charge in [-0.1, -0.05) is 6.07 Å². The summed E-state index contributed by atoms with van der Waals surface area (Å²) in [5, 5.41) is 2.14.